The average molecular weight is 357 g/mol. The predicted molar refractivity (Wildman–Crippen MR) is 101 cm³/mol. The maximum absolute atomic E-state index is 12.9. The van der Waals surface area contributed by atoms with Crippen molar-refractivity contribution in [2.45, 2.75) is 49.4 Å². The molecule has 3 atom stereocenters. The minimum atomic E-state index is -0.569. The molecule has 132 valence electrons. The number of hydrogen-bond acceptors (Lipinski definition) is 4. The Morgan fingerprint density at radius 2 is 1.60 bits per heavy atom. The van der Waals surface area contributed by atoms with Crippen LogP contribution in [0.4, 0.5) is 5.69 Å². The summed E-state index contributed by atoms with van der Waals surface area (Å²) in [6.07, 6.45) is -0.632. The molecule has 4 nitrogen and oxygen atoms in total. The second-order valence-corrected chi connectivity index (χ2v) is 7.47. The third-order valence-corrected chi connectivity index (χ3v) is 5.42. The summed E-state index contributed by atoms with van der Waals surface area (Å²) in [5.74, 6) is -0.121. The van der Waals surface area contributed by atoms with Gasteiger partial charge in [-0.1, -0.05) is 35.9 Å². The largest absolute Gasteiger partial charge is 0.345 e. The normalized spacial score (nSPS) is 21.9. The molecular weight excluding hydrogens is 334 g/mol. The molecule has 1 aliphatic heterocycles. The molecule has 25 heavy (non-hydrogen) atoms. The van der Waals surface area contributed by atoms with Crippen LogP contribution in [0, 0.1) is 6.92 Å². The zero-order chi connectivity index (χ0) is 17.8. The van der Waals surface area contributed by atoms with Gasteiger partial charge in [-0.15, -0.1) is 11.8 Å². The molecule has 0 aromatic heterocycles. The standard InChI is InChI=1S/C20H23NO3S/c1-13-9-11-16(12-10-13)21-19(22)18(20-23-14(2)15(3)24-20)25-17-7-5-4-6-8-17/h4-12,14-15,18,20H,1-3H3,(H,21,22)/t14-,15-,18?/m1/s1. The van der Waals surface area contributed by atoms with E-state index in [4.69, 9.17) is 9.47 Å². The van der Waals surface area contributed by atoms with Crippen molar-refractivity contribution in [3.8, 4) is 0 Å². The summed E-state index contributed by atoms with van der Waals surface area (Å²) in [4.78, 5) is 13.9. The maximum atomic E-state index is 12.9. The molecule has 1 heterocycles. The molecule has 1 amide bonds. The van der Waals surface area contributed by atoms with Crippen molar-refractivity contribution in [1.82, 2.24) is 0 Å². The van der Waals surface area contributed by atoms with Crippen LogP contribution in [0.3, 0.4) is 0 Å². The van der Waals surface area contributed by atoms with Gasteiger partial charge in [0.25, 0.3) is 0 Å². The molecule has 0 aliphatic carbocycles. The molecule has 0 radical (unpaired) electrons. The zero-order valence-electron chi connectivity index (χ0n) is 14.6. The summed E-state index contributed by atoms with van der Waals surface area (Å²) in [6.45, 7) is 5.95. The summed E-state index contributed by atoms with van der Waals surface area (Å²) in [6, 6.07) is 17.6. The number of anilines is 1. The lowest BCUT2D eigenvalue weighted by molar-refractivity contribution is -0.125. The molecule has 2 aromatic rings. The smallest absolute Gasteiger partial charge is 0.243 e. The van der Waals surface area contributed by atoms with Gasteiger partial charge >= 0.3 is 0 Å². The van der Waals surface area contributed by atoms with Gasteiger partial charge in [0.15, 0.2) is 6.29 Å². The number of rotatable bonds is 5. The lowest BCUT2D eigenvalue weighted by Gasteiger charge is -2.22. The number of benzene rings is 2. The quantitative estimate of drug-likeness (QED) is 0.813. The highest BCUT2D eigenvalue weighted by molar-refractivity contribution is 8.00. The Hall–Kier alpha value is -1.82. The highest BCUT2D eigenvalue weighted by Gasteiger charge is 2.39. The van der Waals surface area contributed by atoms with Gasteiger partial charge in [0.2, 0.25) is 5.91 Å². The van der Waals surface area contributed by atoms with Crippen molar-refractivity contribution in [1.29, 1.82) is 0 Å². The van der Waals surface area contributed by atoms with E-state index in [0.29, 0.717) is 0 Å². The third kappa shape index (κ3) is 4.63. The van der Waals surface area contributed by atoms with Gasteiger partial charge in [0.1, 0.15) is 5.25 Å². The van der Waals surface area contributed by atoms with Gasteiger partial charge < -0.3 is 14.8 Å². The second-order valence-electron chi connectivity index (χ2n) is 6.26. The minimum Gasteiger partial charge on any atom is -0.345 e. The number of carbonyl (C=O) groups is 1. The predicted octanol–water partition coefficient (Wildman–Crippen LogP) is 4.24. The van der Waals surface area contributed by atoms with E-state index in [-0.39, 0.29) is 18.1 Å². The summed E-state index contributed by atoms with van der Waals surface area (Å²) in [5, 5.41) is 2.49. The van der Waals surface area contributed by atoms with Crippen LogP contribution in [0.1, 0.15) is 19.4 Å². The lowest BCUT2D eigenvalue weighted by Crippen LogP contribution is -2.36. The van der Waals surface area contributed by atoms with Crippen molar-refractivity contribution in [2.24, 2.45) is 0 Å². The van der Waals surface area contributed by atoms with Gasteiger partial charge in [0.05, 0.1) is 12.2 Å². The summed E-state index contributed by atoms with van der Waals surface area (Å²) in [7, 11) is 0. The Bertz CT molecular complexity index is 695. The van der Waals surface area contributed by atoms with Gasteiger partial charge in [-0.25, -0.2) is 0 Å². The molecular formula is C20H23NO3S. The van der Waals surface area contributed by atoms with Crippen molar-refractivity contribution in [3.63, 3.8) is 0 Å². The van der Waals surface area contributed by atoms with E-state index in [1.165, 1.54) is 11.8 Å². The van der Waals surface area contributed by atoms with Gasteiger partial charge in [-0.3, -0.25) is 4.79 Å². The number of amides is 1. The van der Waals surface area contributed by atoms with E-state index in [1.54, 1.807) is 0 Å². The molecule has 1 unspecified atom stereocenters. The van der Waals surface area contributed by atoms with Gasteiger partial charge in [0, 0.05) is 10.6 Å². The molecule has 0 spiro atoms. The van der Waals surface area contributed by atoms with Gasteiger partial charge in [-0.05, 0) is 45.0 Å². The Kier molecular flexibility index (Phi) is 5.78. The first-order valence-corrected chi connectivity index (χ1v) is 9.31. The van der Waals surface area contributed by atoms with Crippen LogP contribution in [0.5, 0.6) is 0 Å². The molecule has 1 fully saturated rings. The fourth-order valence-electron chi connectivity index (χ4n) is 2.55. The Morgan fingerprint density at radius 1 is 1.00 bits per heavy atom. The molecule has 1 aliphatic rings. The highest BCUT2D eigenvalue weighted by Crippen LogP contribution is 2.32. The maximum Gasteiger partial charge on any atom is 0.243 e. The molecule has 1 saturated heterocycles. The fraction of sp³-hybridized carbons (Fsp3) is 0.350. The van der Waals surface area contributed by atoms with E-state index in [1.807, 2.05) is 75.4 Å². The first-order valence-electron chi connectivity index (χ1n) is 8.43. The summed E-state index contributed by atoms with van der Waals surface area (Å²) >= 11 is 1.46. The first-order chi connectivity index (χ1) is 12.0. The number of ether oxygens (including phenoxy) is 2. The van der Waals surface area contributed by atoms with Crippen molar-refractivity contribution in [3.05, 3.63) is 60.2 Å². The molecule has 2 aromatic carbocycles. The monoisotopic (exact) mass is 357 g/mol. The Balaban J connectivity index is 1.77. The van der Waals surface area contributed by atoms with Gasteiger partial charge in [-0.2, -0.15) is 0 Å². The second kappa shape index (κ2) is 8.04. The number of nitrogens with one attached hydrogen (secondary N) is 1. The molecule has 5 heteroatoms. The fourth-order valence-corrected chi connectivity index (χ4v) is 3.56. The number of aryl methyl sites for hydroxylation is 1. The Morgan fingerprint density at radius 3 is 2.20 bits per heavy atom. The van der Waals surface area contributed by atoms with Crippen LogP contribution in [-0.4, -0.2) is 29.7 Å². The summed E-state index contributed by atoms with van der Waals surface area (Å²) < 4.78 is 11.8. The number of carbonyl (C=O) groups excluding carboxylic acids is 1. The number of hydrogen-bond donors (Lipinski definition) is 1. The van der Waals surface area contributed by atoms with Crippen LogP contribution in [0.2, 0.25) is 0 Å². The zero-order valence-corrected chi connectivity index (χ0v) is 15.5. The van der Waals surface area contributed by atoms with Crippen LogP contribution in [0.25, 0.3) is 0 Å². The van der Waals surface area contributed by atoms with Crippen LogP contribution < -0.4 is 5.32 Å². The van der Waals surface area contributed by atoms with Crippen LogP contribution >= 0.6 is 11.8 Å². The summed E-state index contributed by atoms with van der Waals surface area (Å²) in [5.41, 5.74) is 1.92. The highest BCUT2D eigenvalue weighted by atomic mass is 32.2. The minimum absolute atomic E-state index is 0.0314. The van der Waals surface area contributed by atoms with Crippen LogP contribution in [-0.2, 0) is 14.3 Å². The van der Waals surface area contributed by atoms with Crippen molar-refractivity contribution in [2.75, 3.05) is 5.32 Å². The topological polar surface area (TPSA) is 47.6 Å². The van der Waals surface area contributed by atoms with E-state index < -0.39 is 11.5 Å². The molecule has 1 N–H and O–H groups in total. The van der Waals surface area contributed by atoms with E-state index >= 15 is 0 Å². The first kappa shape index (κ1) is 18.0. The average Bonchev–Trinajstić information content (AvgIpc) is 2.94. The Labute approximate surface area is 152 Å². The van der Waals surface area contributed by atoms with E-state index in [0.717, 1.165) is 16.1 Å². The molecule has 0 saturated carbocycles. The molecule has 3 rings (SSSR count). The van der Waals surface area contributed by atoms with E-state index in [2.05, 4.69) is 5.32 Å². The van der Waals surface area contributed by atoms with Crippen molar-refractivity contribution < 1.29 is 14.3 Å². The van der Waals surface area contributed by atoms with E-state index in [9.17, 15) is 4.79 Å². The van der Waals surface area contributed by atoms with Crippen LogP contribution in [0.15, 0.2) is 59.5 Å². The number of thioether (sulfide) groups is 1. The molecule has 0 bridgehead atoms. The van der Waals surface area contributed by atoms with Crippen molar-refractivity contribution >= 4 is 23.4 Å². The lowest BCUT2D eigenvalue weighted by atomic mass is 10.2. The SMILES string of the molecule is Cc1ccc(NC(=O)C(Sc2ccccc2)C2O[C@H](C)[C@@H](C)O2)cc1. The third-order valence-electron chi connectivity index (χ3n) is 4.19.